The number of aromatic nitrogens is 3. The maximum absolute atomic E-state index is 10.4. The fraction of sp³-hybridized carbons (Fsp3) is 0.100. The smallest absolute Gasteiger partial charge is 0.153 e. The monoisotopic (exact) mass is 187 g/mol. The van der Waals surface area contributed by atoms with E-state index in [4.69, 9.17) is 0 Å². The molecule has 4 nitrogen and oxygen atoms in total. The van der Waals surface area contributed by atoms with E-state index in [1.165, 1.54) is 6.20 Å². The summed E-state index contributed by atoms with van der Waals surface area (Å²) in [6.45, 7) is 1.95. The Morgan fingerprint density at radius 2 is 2.21 bits per heavy atom. The van der Waals surface area contributed by atoms with Crippen LogP contribution < -0.4 is 0 Å². The van der Waals surface area contributed by atoms with E-state index >= 15 is 0 Å². The summed E-state index contributed by atoms with van der Waals surface area (Å²) < 4.78 is 1.72. The number of pyridine rings is 1. The molecule has 2 rings (SSSR count). The predicted octanol–water partition coefficient (Wildman–Crippen LogP) is 1.39. The summed E-state index contributed by atoms with van der Waals surface area (Å²) in [5.41, 5.74) is 1.58. The Hall–Kier alpha value is -1.97. The molecule has 0 spiro atoms. The van der Waals surface area contributed by atoms with E-state index in [2.05, 4.69) is 10.1 Å². The Bertz CT molecular complexity index is 445. The summed E-state index contributed by atoms with van der Waals surface area (Å²) >= 11 is 0. The van der Waals surface area contributed by atoms with E-state index in [0.717, 1.165) is 17.8 Å². The Morgan fingerprint density at radius 3 is 2.71 bits per heavy atom. The molecule has 0 bridgehead atoms. The van der Waals surface area contributed by atoms with Crippen molar-refractivity contribution in [3.63, 3.8) is 0 Å². The standard InChI is InChI=1S/C10H9N3O/c1-8-4-5-12-13(8)10-3-2-9(7-14)6-11-10/h2-7H,1H3. The van der Waals surface area contributed by atoms with Gasteiger partial charge in [0.15, 0.2) is 12.1 Å². The van der Waals surface area contributed by atoms with E-state index < -0.39 is 0 Å². The van der Waals surface area contributed by atoms with Crippen molar-refractivity contribution in [1.29, 1.82) is 0 Å². The second-order valence-electron chi connectivity index (χ2n) is 2.95. The molecule has 0 fully saturated rings. The molecular formula is C10H9N3O. The topological polar surface area (TPSA) is 47.8 Å². The number of carbonyl (C=O) groups is 1. The van der Waals surface area contributed by atoms with Crippen LogP contribution in [0.5, 0.6) is 0 Å². The lowest BCUT2D eigenvalue weighted by molar-refractivity contribution is 0.112. The van der Waals surface area contributed by atoms with Crippen molar-refractivity contribution < 1.29 is 4.79 Å². The molecule has 14 heavy (non-hydrogen) atoms. The first-order chi connectivity index (χ1) is 6.81. The average Bonchev–Trinajstić information content (AvgIpc) is 2.65. The quantitative estimate of drug-likeness (QED) is 0.667. The molecule has 2 heterocycles. The van der Waals surface area contributed by atoms with Gasteiger partial charge in [-0.1, -0.05) is 0 Å². The van der Waals surface area contributed by atoms with E-state index in [0.29, 0.717) is 5.56 Å². The molecule has 0 aromatic carbocycles. The number of aldehydes is 1. The van der Waals surface area contributed by atoms with Gasteiger partial charge in [-0.25, -0.2) is 9.67 Å². The van der Waals surface area contributed by atoms with Gasteiger partial charge in [0.1, 0.15) is 0 Å². The highest BCUT2D eigenvalue weighted by molar-refractivity contribution is 5.74. The second kappa shape index (κ2) is 3.41. The summed E-state index contributed by atoms with van der Waals surface area (Å²) in [5.74, 6) is 0.720. The molecule has 0 aliphatic carbocycles. The zero-order valence-electron chi connectivity index (χ0n) is 7.71. The lowest BCUT2D eigenvalue weighted by Gasteiger charge is -2.02. The molecule has 0 atom stereocenters. The molecule has 0 aliphatic heterocycles. The van der Waals surface area contributed by atoms with E-state index in [-0.39, 0.29) is 0 Å². The number of nitrogens with zero attached hydrogens (tertiary/aromatic N) is 3. The summed E-state index contributed by atoms with van der Waals surface area (Å²) in [6, 6.07) is 5.38. The van der Waals surface area contributed by atoms with Crippen LogP contribution in [0.4, 0.5) is 0 Å². The molecule has 0 unspecified atom stereocenters. The van der Waals surface area contributed by atoms with Crippen LogP contribution >= 0.6 is 0 Å². The number of hydrogen-bond donors (Lipinski definition) is 0. The molecule has 4 heteroatoms. The zero-order chi connectivity index (χ0) is 9.97. The van der Waals surface area contributed by atoms with Gasteiger partial charge in [-0.3, -0.25) is 4.79 Å². The molecule has 0 aliphatic rings. The Morgan fingerprint density at radius 1 is 1.36 bits per heavy atom. The SMILES string of the molecule is Cc1ccnn1-c1ccc(C=O)cn1. The average molecular weight is 187 g/mol. The van der Waals surface area contributed by atoms with Gasteiger partial charge in [-0.15, -0.1) is 0 Å². The molecule has 0 saturated carbocycles. The Balaban J connectivity index is 2.43. The molecule has 0 saturated heterocycles. The Kier molecular flexibility index (Phi) is 2.10. The summed E-state index contributed by atoms with van der Waals surface area (Å²) in [7, 11) is 0. The van der Waals surface area contributed by atoms with Gasteiger partial charge < -0.3 is 0 Å². The second-order valence-corrected chi connectivity index (χ2v) is 2.95. The zero-order valence-corrected chi connectivity index (χ0v) is 7.71. The van der Waals surface area contributed by atoms with Crippen molar-refractivity contribution >= 4 is 6.29 Å². The van der Waals surface area contributed by atoms with E-state index in [9.17, 15) is 4.79 Å². The van der Waals surface area contributed by atoms with Crippen molar-refractivity contribution in [2.75, 3.05) is 0 Å². The van der Waals surface area contributed by atoms with Crippen molar-refractivity contribution in [3.05, 3.63) is 41.9 Å². The van der Waals surface area contributed by atoms with E-state index in [1.807, 2.05) is 13.0 Å². The van der Waals surface area contributed by atoms with Crippen molar-refractivity contribution in [2.45, 2.75) is 6.92 Å². The van der Waals surface area contributed by atoms with Crippen LogP contribution in [0, 0.1) is 6.92 Å². The third kappa shape index (κ3) is 1.42. The molecule has 2 aromatic heterocycles. The molecule has 2 aromatic rings. The summed E-state index contributed by atoms with van der Waals surface area (Å²) in [4.78, 5) is 14.5. The van der Waals surface area contributed by atoms with Crippen LogP contribution in [-0.4, -0.2) is 21.1 Å². The maximum Gasteiger partial charge on any atom is 0.153 e. The fourth-order valence-electron chi connectivity index (χ4n) is 1.20. The van der Waals surface area contributed by atoms with Crippen molar-refractivity contribution in [2.24, 2.45) is 0 Å². The molecule has 0 amide bonds. The first kappa shape index (κ1) is 8.62. The van der Waals surface area contributed by atoms with Gasteiger partial charge in [-0.05, 0) is 25.1 Å². The van der Waals surface area contributed by atoms with Crippen LogP contribution in [-0.2, 0) is 0 Å². The van der Waals surface area contributed by atoms with Gasteiger partial charge in [0.2, 0.25) is 0 Å². The van der Waals surface area contributed by atoms with Gasteiger partial charge >= 0.3 is 0 Å². The van der Waals surface area contributed by atoms with Crippen LogP contribution in [0.15, 0.2) is 30.6 Å². The van der Waals surface area contributed by atoms with E-state index in [1.54, 1.807) is 23.0 Å². The van der Waals surface area contributed by atoms with Crippen molar-refractivity contribution in [1.82, 2.24) is 14.8 Å². The van der Waals surface area contributed by atoms with Crippen molar-refractivity contribution in [3.8, 4) is 5.82 Å². The van der Waals surface area contributed by atoms with Gasteiger partial charge in [0.25, 0.3) is 0 Å². The molecular weight excluding hydrogens is 178 g/mol. The van der Waals surface area contributed by atoms with Crippen LogP contribution in [0.1, 0.15) is 16.1 Å². The third-order valence-corrected chi connectivity index (χ3v) is 1.96. The largest absolute Gasteiger partial charge is 0.298 e. The lowest BCUT2D eigenvalue weighted by Crippen LogP contribution is -2.01. The minimum Gasteiger partial charge on any atom is -0.298 e. The fourth-order valence-corrected chi connectivity index (χ4v) is 1.20. The van der Waals surface area contributed by atoms with Gasteiger partial charge in [0, 0.05) is 23.7 Å². The van der Waals surface area contributed by atoms with Gasteiger partial charge in [0.05, 0.1) is 0 Å². The minimum atomic E-state index is 0.568. The molecule has 0 N–H and O–H groups in total. The lowest BCUT2D eigenvalue weighted by atomic mass is 10.3. The number of hydrogen-bond acceptors (Lipinski definition) is 3. The highest BCUT2D eigenvalue weighted by atomic mass is 16.1. The maximum atomic E-state index is 10.4. The van der Waals surface area contributed by atoms with Gasteiger partial charge in [-0.2, -0.15) is 5.10 Å². The highest BCUT2D eigenvalue weighted by Crippen LogP contribution is 2.06. The first-order valence-corrected chi connectivity index (χ1v) is 4.23. The summed E-state index contributed by atoms with van der Waals surface area (Å²) in [6.07, 6.45) is 4.01. The molecule has 0 radical (unpaired) electrons. The number of carbonyl (C=O) groups excluding carboxylic acids is 1. The number of aryl methyl sites for hydroxylation is 1. The first-order valence-electron chi connectivity index (χ1n) is 4.23. The third-order valence-electron chi connectivity index (χ3n) is 1.96. The minimum absolute atomic E-state index is 0.568. The normalized spacial score (nSPS) is 10.1. The predicted molar refractivity (Wildman–Crippen MR) is 51.5 cm³/mol. The Labute approximate surface area is 81.2 Å². The van der Waals surface area contributed by atoms with Crippen LogP contribution in [0.25, 0.3) is 5.82 Å². The summed E-state index contributed by atoms with van der Waals surface area (Å²) in [5, 5.41) is 4.11. The number of rotatable bonds is 2. The molecule has 70 valence electrons. The van der Waals surface area contributed by atoms with Crippen LogP contribution in [0.2, 0.25) is 0 Å². The van der Waals surface area contributed by atoms with Crippen LogP contribution in [0.3, 0.4) is 0 Å². The highest BCUT2D eigenvalue weighted by Gasteiger charge is 2.01.